The summed E-state index contributed by atoms with van der Waals surface area (Å²) in [5, 5.41) is 13.2. The van der Waals surface area contributed by atoms with Crippen molar-refractivity contribution in [3.05, 3.63) is 12.2 Å². The molecule has 6 saturated carbocycles. The highest BCUT2D eigenvalue weighted by atomic mass is 16.5. The first-order valence-electron chi connectivity index (χ1n) is 20.7. The molecule has 6 aliphatic carbocycles. The van der Waals surface area contributed by atoms with E-state index in [-0.39, 0.29) is 35.7 Å². The minimum absolute atomic E-state index is 0.0245. The summed E-state index contributed by atoms with van der Waals surface area (Å²) >= 11 is 0. The Kier molecular flexibility index (Phi) is 11.0. The maximum absolute atomic E-state index is 13.2. The number of rotatable bonds is 11. The molecule has 6 rings (SSSR count). The van der Waals surface area contributed by atoms with Crippen LogP contribution in [0.3, 0.4) is 0 Å². The normalized spacial score (nSPS) is 42.3. The van der Waals surface area contributed by atoms with Crippen LogP contribution in [0.25, 0.3) is 0 Å². The van der Waals surface area contributed by atoms with Crippen molar-refractivity contribution in [2.24, 2.45) is 68.0 Å². The molecule has 0 radical (unpaired) electrons. The van der Waals surface area contributed by atoms with Crippen LogP contribution in [0.1, 0.15) is 166 Å². The van der Waals surface area contributed by atoms with Crippen LogP contribution in [0.4, 0.5) is 0 Å². The number of carbonyl (C=O) groups excluding carboxylic acids is 1. The van der Waals surface area contributed by atoms with E-state index in [2.05, 4.69) is 53.4 Å². The minimum atomic E-state index is -0.863. The lowest BCUT2D eigenvalue weighted by Crippen LogP contribution is -2.66. The number of hydrogen-bond donors (Lipinski definition) is 2. The van der Waals surface area contributed by atoms with Crippen LogP contribution >= 0.6 is 0 Å². The smallest absolute Gasteiger partial charge is 0.306 e. The highest BCUT2D eigenvalue weighted by Crippen LogP contribution is 2.78. The van der Waals surface area contributed by atoms with Gasteiger partial charge in [0.15, 0.2) is 0 Å². The van der Waals surface area contributed by atoms with Crippen molar-refractivity contribution in [1.29, 1.82) is 0 Å². The molecule has 0 aromatic heterocycles. The van der Waals surface area contributed by atoms with Crippen LogP contribution in [0.2, 0.25) is 0 Å². The third kappa shape index (κ3) is 6.83. The Labute approximate surface area is 300 Å². The Morgan fingerprint density at radius 2 is 1.53 bits per heavy atom. The largest absolute Gasteiger partial charge is 0.481 e. The molecule has 2 N–H and O–H groups in total. The molecular formula is C44H75NO4. The van der Waals surface area contributed by atoms with E-state index in [0.717, 1.165) is 30.6 Å². The number of carboxylic acid groups (broad SMARTS) is 1. The van der Waals surface area contributed by atoms with Gasteiger partial charge in [-0.15, -0.1) is 0 Å². The van der Waals surface area contributed by atoms with Crippen LogP contribution in [0.15, 0.2) is 12.2 Å². The van der Waals surface area contributed by atoms with Crippen molar-refractivity contribution in [1.82, 2.24) is 5.32 Å². The zero-order valence-electron chi connectivity index (χ0n) is 33.4. The maximum atomic E-state index is 13.2. The van der Waals surface area contributed by atoms with Crippen LogP contribution in [0.5, 0.6) is 0 Å². The predicted molar refractivity (Wildman–Crippen MR) is 201 cm³/mol. The fourth-order valence-corrected chi connectivity index (χ4v) is 13.9. The van der Waals surface area contributed by atoms with Crippen molar-refractivity contribution in [3.8, 4) is 0 Å². The van der Waals surface area contributed by atoms with Gasteiger partial charge < -0.3 is 15.2 Å². The molecule has 280 valence electrons. The molecule has 6 fully saturated rings. The summed E-state index contributed by atoms with van der Waals surface area (Å²) in [7, 11) is 0. The number of nitrogens with one attached hydrogen (secondary N) is 1. The Balaban J connectivity index is 0.00000230. The molecule has 0 aromatic carbocycles. The maximum Gasteiger partial charge on any atom is 0.306 e. The van der Waals surface area contributed by atoms with Gasteiger partial charge in [0.05, 0.1) is 12.8 Å². The number of ether oxygens (including phenoxy) is 1. The van der Waals surface area contributed by atoms with E-state index in [4.69, 9.17) is 4.74 Å². The number of hydrogen-bond acceptors (Lipinski definition) is 4. The van der Waals surface area contributed by atoms with Gasteiger partial charge >= 0.3 is 11.9 Å². The molecule has 0 heterocycles. The van der Waals surface area contributed by atoms with Gasteiger partial charge in [0.1, 0.15) is 6.10 Å². The monoisotopic (exact) mass is 682 g/mol. The molecule has 0 aromatic rings. The van der Waals surface area contributed by atoms with Crippen molar-refractivity contribution >= 4 is 11.9 Å². The molecule has 10 atom stereocenters. The number of allylic oxidation sites excluding steroid dienone is 1. The van der Waals surface area contributed by atoms with Gasteiger partial charge in [-0.05, 0) is 166 Å². The Hall–Kier alpha value is -1.36. The van der Waals surface area contributed by atoms with Gasteiger partial charge in [0.2, 0.25) is 0 Å². The van der Waals surface area contributed by atoms with E-state index >= 15 is 0 Å². The van der Waals surface area contributed by atoms with E-state index in [0.29, 0.717) is 34.0 Å². The van der Waals surface area contributed by atoms with E-state index in [1.165, 1.54) is 89.3 Å². The summed E-state index contributed by atoms with van der Waals surface area (Å²) in [6.07, 6.45) is 17.0. The lowest BCUT2D eigenvalue weighted by molar-refractivity contribution is -0.250. The summed E-state index contributed by atoms with van der Waals surface area (Å²) in [5.41, 5.74) is 2.12. The van der Waals surface area contributed by atoms with Gasteiger partial charge in [-0.1, -0.05) is 74.5 Å². The van der Waals surface area contributed by atoms with E-state index in [1.807, 2.05) is 27.7 Å². The molecule has 4 unspecified atom stereocenters. The minimum Gasteiger partial charge on any atom is -0.481 e. The first kappa shape index (κ1) is 38.9. The van der Waals surface area contributed by atoms with Gasteiger partial charge in [-0.2, -0.15) is 0 Å². The molecule has 5 heteroatoms. The molecule has 0 saturated heterocycles. The quantitative estimate of drug-likeness (QED) is 0.129. The van der Waals surface area contributed by atoms with Gasteiger partial charge in [-0.3, -0.25) is 9.59 Å². The average molecular weight is 682 g/mol. The Morgan fingerprint density at radius 3 is 2.16 bits per heavy atom. The summed E-state index contributed by atoms with van der Waals surface area (Å²) in [4.78, 5) is 24.6. The lowest BCUT2D eigenvalue weighted by atomic mass is 9.32. The molecule has 0 aliphatic heterocycles. The Morgan fingerprint density at radius 1 is 0.837 bits per heavy atom. The topological polar surface area (TPSA) is 75.6 Å². The first-order chi connectivity index (χ1) is 22.9. The number of aliphatic carboxylic acids is 1. The molecule has 0 bridgehead atoms. The number of esters is 1. The van der Waals surface area contributed by atoms with E-state index < -0.39 is 11.4 Å². The summed E-state index contributed by atoms with van der Waals surface area (Å²) in [6, 6.07) is 0. The summed E-state index contributed by atoms with van der Waals surface area (Å²) in [5.74, 6) is 3.30. The van der Waals surface area contributed by atoms with Crippen LogP contribution in [-0.4, -0.2) is 36.2 Å². The molecular weight excluding hydrogens is 606 g/mol. The van der Waals surface area contributed by atoms with Gasteiger partial charge in [0.25, 0.3) is 0 Å². The highest BCUT2D eigenvalue weighted by molar-refractivity contribution is 5.73. The zero-order valence-corrected chi connectivity index (χ0v) is 33.4. The van der Waals surface area contributed by atoms with Crippen molar-refractivity contribution in [2.75, 3.05) is 13.1 Å². The second-order valence-electron chi connectivity index (χ2n) is 20.2. The SMILES string of the molecule is C=C(C)[C@@H]1CC[C@]2(CCNCC3CC3)CC[C@]3(C)[C@H](CCC4[C@@]5(C)CCC(OC(=O)CC(C)(C)CC(=O)O)C(C)(C)C5CC[C@]43C)C12.CC. The van der Waals surface area contributed by atoms with Crippen LogP contribution in [0, 0.1) is 68.0 Å². The predicted octanol–water partition coefficient (Wildman–Crippen LogP) is 10.9. The first-order valence-corrected chi connectivity index (χ1v) is 20.7. The third-order valence-electron chi connectivity index (χ3n) is 16.6. The van der Waals surface area contributed by atoms with Crippen molar-refractivity contribution in [3.63, 3.8) is 0 Å². The molecule has 49 heavy (non-hydrogen) atoms. The summed E-state index contributed by atoms with van der Waals surface area (Å²) in [6.45, 7) is 29.9. The number of carbonyl (C=O) groups is 2. The Bertz CT molecular complexity index is 1240. The number of fused-ring (bicyclic) bond motifs is 7. The highest BCUT2D eigenvalue weighted by Gasteiger charge is 2.71. The third-order valence-corrected chi connectivity index (χ3v) is 16.6. The van der Waals surface area contributed by atoms with Crippen LogP contribution < -0.4 is 5.32 Å². The second kappa shape index (κ2) is 13.9. The number of carboxylic acids is 1. The fraction of sp³-hybridized carbons (Fsp3) is 0.909. The van der Waals surface area contributed by atoms with E-state index in [9.17, 15) is 14.7 Å². The molecule has 0 spiro atoms. The van der Waals surface area contributed by atoms with Crippen molar-refractivity contribution in [2.45, 2.75) is 172 Å². The fourth-order valence-electron chi connectivity index (χ4n) is 13.9. The summed E-state index contributed by atoms with van der Waals surface area (Å²) < 4.78 is 6.29. The van der Waals surface area contributed by atoms with Crippen LogP contribution in [-0.2, 0) is 14.3 Å². The van der Waals surface area contributed by atoms with Gasteiger partial charge in [0, 0.05) is 5.41 Å². The standard InChI is InChI=1S/C42H69NO4.C2H6/c1-27(2)29-14-19-42(22-23-43-26-28-10-11-28)21-20-40(8)30(36(29)42)12-13-32-39(7)17-16-33(38(5,6)31(39)15-18-41(32,40)9)47-35(46)25-37(3,4)24-34(44)45;1-2/h28-33,36,43H,1,10-26H2,2-9H3,(H,44,45);1-2H3/t29-,30+,31?,32?,33?,36?,39-,40+,41+,42+;/m0./s1. The lowest BCUT2D eigenvalue weighted by Gasteiger charge is -2.73. The van der Waals surface area contributed by atoms with E-state index in [1.54, 1.807) is 0 Å². The molecule has 5 nitrogen and oxygen atoms in total. The molecule has 0 amide bonds. The zero-order chi connectivity index (χ0) is 36.2. The molecule has 6 aliphatic rings. The van der Waals surface area contributed by atoms with Crippen molar-refractivity contribution < 1.29 is 19.4 Å². The van der Waals surface area contributed by atoms with Gasteiger partial charge in [-0.25, -0.2) is 0 Å². The average Bonchev–Trinajstić information content (AvgIpc) is 3.75. The second-order valence-corrected chi connectivity index (χ2v) is 20.2.